The monoisotopic (exact) mass is 172 g/mol. The highest BCUT2D eigenvalue weighted by atomic mass is 32.2. The molecular formula is C6H6NO3S-. The highest BCUT2D eigenvalue weighted by molar-refractivity contribution is 8.04. The molecule has 1 amide bonds. The van der Waals surface area contributed by atoms with Crippen LogP contribution in [-0.2, 0) is 9.59 Å². The molecule has 0 radical (unpaired) electrons. The standard InChI is InChI=1S/C6H7NO3S/c1-3-7-6(10)4(11-3)2-5(8)9/h4H,1-2H2,(H,7,10)(H,8,9)/p-1. The van der Waals surface area contributed by atoms with E-state index in [2.05, 4.69) is 11.9 Å². The first-order chi connectivity index (χ1) is 5.09. The van der Waals surface area contributed by atoms with E-state index in [0.29, 0.717) is 5.03 Å². The number of hydrogen-bond donors (Lipinski definition) is 1. The molecule has 1 heterocycles. The van der Waals surface area contributed by atoms with Crippen LogP contribution in [0.5, 0.6) is 0 Å². The van der Waals surface area contributed by atoms with Crippen molar-refractivity contribution in [2.24, 2.45) is 0 Å². The van der Waals surface area contributed by atoms with Gasteiger partial charge in [-0.25, -0.2) is 0 Å². The molecule has 1 saturated heterocycles. The van der Waals surface area contributed by atoms with Crippen LogP contribution in [0.15, 0.2) is 11.6 Å². The molecule has 1 aliphatic heterocycles. The molecule has 11 heavy (non-hydrogen) atoms. The zero-order chi connectivity index (χ0) is 8.43. The minimum atomic E-state index is -1.22. The normalized spacial score (nSPS) is 23.5. The predicted octanol–water partition coefficient (Wildman–Crippen LogP) is -1.17. The lowest BCUT2D eigenvalue weighted by molar-refractivity contribution is -0.305. The number of hydrogen-bond acceptors (Lipinski definition) is 4. The van der Waals surface area contributed by atoms with Crippen molar-refractivity contribution in [2.45, 2.75) is 11.7 Å². The van der Waals surface area contributed by atoms with Gasteiger partial charge in [-0.3, -0.25) is 4.79 Å². The molecule has 0 aromatic rings. The number of nitrogens with one attached hydrogen (secondary N) is 1. The predicted molar refractivity (Wildman–Crippen MR) is 38.3 cm³/mol. The summed E-state index contributed by atoms with van der Waals surface area (Å²) in [5.74, 6) is -1.52. The van der Waals surface area contributed by atoms with Gasteiger partial charge < -0.3 is 15.2 Å². The molecule has 1 fully saturated rings. The van der Waals surface area contributed by atoms with E-state index in [1.165, 1.54) is 0 Å². The van der Waals surface area contributed by atoms with E-state index < -0.39 is 11.2 Å². The number of carbonyl (C=O) groups excluding carboxylic acids is 2. The van der Waals surface area contributed by atoms with Crippen LogP contribution in [0.25, 0.3) is 0 Å². The van der Waals surface area contributed by atoms with Gasteiger partial charge in [-0.2, -0.15) is 0 Å². The molecule has 1 N–H and O–H groups in total. The minimum Gasteiger partial charge on any atom is -0.550 e. The van der Waals surface area contributed by atoms with Gasteiger partial charge >= 0.3 is 0 Å². The van der Waals surface area contributed by atoms with Gasteiger partial charge in [-0.15, -0.1) is 0 Å². The van der Waals surface area contributed by atoms with Gasteiger partial charge in [0.25, 0.3) is 0 Å². The Morgan fingerprint density at radius 2 is 2.45 bits per heavy atom. The Hall–Kier alpha value is -0.970. The fourth-order valence-corrected chi connectivity index (χ4v) is 1.65. The first-order valence-corrected chi connectivity index (χ1v) is 3.84. The maximum absolute atomic E-state index is 10.8. The van der Waals surface area contributed by atoms with E-state index >= 15 is 0 Å². The smallest absolute Gasteiger partial charge is 0.238 e. The van der Waals surface area contributed by atoms with Crippen molar-refractivity contribution in [3.05, 3.63) is 11.6 Å². The van der Waals surface area contributed by atoms with E-state index in [-0.39, 0.29) is 12.3 Å². The zero-order valence-corrected chi connectivity index (χ0v) is 6.44. The van der Waals surface area contributed by atoms with Crippen LogP contribution >= 0.6 is 11.8 Å². The second-order valence-electron chi connectivity index (χ2n) is 2.10. The number of aliphatic carboxylic acids is 1. The summed E-state index contributed by atoms with van der Waals surface area (Å²) in [6.07, 6.45) is -0.254. The molecule has 0 bridgehead atoms. The summed E-state index contributed by atoms with van der Waals surface area (Å²) >= 11 is 1.13. The molecule has 1 rings (SSSR count). The van der Waals surface area contributed by atoms with Crippen molar-refractivity contribution in [3.63, 3.8) is 0 Å². The summed E-state index contributed by atoms with van der Waals surface area (Å²) in [6.45, 7) is 3.48. The van der Waals surface area contributed by atoms with Crippen molar-refractivity contribution in [3.8, 4) is 0 Å². The van der Waals surface area contributed by atoms with Gasteiger partial charge in [0, 0.05) is 12.4 Å². The third-order valence-corrected chi connectivity index (χ3v) is 2.24. The van der Waals surface area contributed by atoms with Crippen molar-refractivity contribution in [1.82, 2.24) is 5.32 Å². The van der Waals surface area contributed by atoms with Crippen molar-refractivity contribution in [2.75, 3.05) is 0 Å². The highest BCUT2D eigenvalue weighted by Gasteiger charge is 2.27. The largest absolute Gasteiger partial charge is 0.550 e. The Balaban J connectivity index is 2.53. The summed E-state index contributed by atoms with van der Waals surface area (Å²) < 4.78 is 0. The Bertz CT molecular complexity index is 226. The number of amides is 1. The van der Waals surface area contributed by atoms with Gasteiger partial charge in [0.1, 0.15) is 0 Å². The fraction of sp³-hybridized carbons (Fsp3) is 0.333. The summed E-state index contributed by atoms with van der Waals surface area (Å²) in [4.78, 5) is 20.9. The van der Waals surface area contributed by atoms with E-state index in [1.54, 1.807) is 0 Å². The molecule has 0 saturated carbocycles. The maximum Gasteiger partial charge on any atom is 0.238 e. The molecule has 4 nitrogen and oxygen atoms in total. The lowest BCUT2D eigenvalue weighted by Crippen LogP contribution is -2.30. The van der Waals surface area contributed by atoms with Gasteiger partial charge in [0.05, 0.1) is 10.3 Å². The highest BCUT2D eigenvalue weighted by Crippen LogP contribution is 2.26. The van der Waals surface area contributed by atoms with Gasteiger partial charge in [0.2, 0.25) is 5.91 Å². The van der Waals surface area contributed by atoms with E-state index in [4.69, 9.17) is 0 Å². The third-order valence-electron chi connectivity index (χ3n) is 1.19. The molecule has 0 aromatic heterocycles. The van der Waals surface area contributed by atoms with E-state index in [0.717, 1.165) is 11.8 Å². The van der Waals surface area contributed by atoms with Crippen LogP contribution in [0.1, 0.15) is 6.42 Å². The second kappa shape index (κ2) is 2.96. The number of carbonyl (C=O) groups is 2. The molecule has 0 aromatic carbocycles. The van der Waals surface area contributed by atoms with Crippen LogP contribution in [0.4, 0.5) is 0 Å². The molecule has 0 aliphatic carbocycles. The number of carboxylic acid groups (broad SMARTS) is 1. The quantitative estimate of drug-likeness (QED) is 0.569. The van der Waals surface area contributed by atoms with Crippen LogP contribution < -0.4 is 10.4 Å². The Kier molecular flexibility index (Phi) is 2.19. The van der Waals surface area contributed by atoms with Crippen LogP contribution in [0.2, 0.25) is 0 Å². The molecule has 1 unspecified atom stereocenters. The molecule has 1 atom stereocenters. The molecule has 60 valence electrons. The number of rotatable bonds is 2. The topological polar surface area (TPSA) is 69.2 Å². The fourth-order valence-electron chi connectivity index (χ4n) is 0.758. The Labute approximate surface area is 67.7 Å². The SMILES string of the molecule is C=C1NC(=O)C(CC(=O)[O-])S1. The lowest BCUT2D eigenvalue weighted by Gasteiger charge is -2.04. The van der Waals surface area contributed by atoms with E-state index in [1.807, 2.05) is 0 Å². The Morgan fingerprint density at radius 1 is 1.82 bits per heavy atom. The van der Waals surface area contributed by atoms with Crippen LogP contribution in [-0.4, -0.2) is 17.1 Å². The van der Waals surface area contributed by atoms with Gasteiger partial charge in [-0.05, 0) is 0 Å². The van der Waals surface area contributed by atoms with Crippen molar-refractivity contribution in [1.29, 1.82) is 0 Å². The van der Waals surface area contributed by atoms with Crippen LogP contribution in [0.3, 0.4) is 0 Å². The number of thioether (sulfide) groups is 1. The van der Waals surface area contributed by atoms with E-state index in [9.17, 15) is 14.7 Å². The number of carboxylic acids is 1. The molecular weight excluding hydrogens is 166 g/mol. The summed E-state index contributed by atoms with van der Waals surface area (Å²) in [6, 6.07) is 0. The molecule has 5 heteroatoms. The summed E-state index contributed by atoms with van der Waals surface area (Å²) in [5, 5.41) is 12.4. The maximum atomic E-state index is 10.8. The van der Waals surface area contributed by atoms with Crippen molar-refractivity contribution < 1.29 is 14.7 Å². The average molecular weight is 172 g/mol. The van der Waals surface area contributed by atoms with Gasteiger partial charge in [0.15, 0.2) is 0 Å². The lowest BCUT2D eigenvalue weighted by atomic mass is 10.3. The summed E-state index contributed by atoms with van der Waals surface area (Å²) in [7, 11) is 0. The first-order valence-electron chi connectivity index (χ1n) is 2.96. The molecule has 1 aliphatic rings. The Morgan fingerprint density at radius 3 is 2.82 bits per heavy atom. The molecule has 0 spiro atoms. The third kappa shape index (κ3) is 1.98. The van der Waals surface area contributed by atoms with Crippen molar-refractivity contribution >= 4 is 23.6 Å². The zero-order valence-electron chi connectivity index (χ0n) is 5.62. The first kappa shape index (κ1) is 8.13. The average Bonchev–Trinajstić information content (AvgIpc) is 2.09. The van der Waals surface area contributed by atoms with Crippen LogP contribution in [0, 0.1) is 0 Å². The second-order valence-corrected chi connectivity index (χ2v) is 3.39. The summed E-state index contributed by atoms with van der Waals surface area (Å²) in [5.41, 5.74) is 0. The van der Waals surface area contributed by atoms with Gasteiger partial charge in [-0.1, -0.05) is 18.3 Å². The minimum absolute atomic E-state index is 0.254.